The lowest BCUT2D eigenvalue weighted by Gasteiger charge is -2.34. The fraction of sp³-hybridized carbons (Fsp3) is 0.368. The van der Waals surface area contributed by atoms with Crippen LogP contribution in [0.15, 0.2) is 42.9 Å². The summed E-state index contributed by atoms with van der Waals surface area (Å²) in [6, 6.07) is 8.43. The first-order valence-corrected chi connectivity index (χ1v) is 8.78. The molecule has 0 aliphatic carbocycles. The zero-order valence-corrected chi connectivity index (χ0v) is 14.6. The molecule has 2 aromatic heterocycles. The van der Waals surface area contributed by atoms with Gasteiger partial charge in [-0.2, -0.15) is 0 Å². The van der Waals surface area contributed by atoms with Crippen LogP contribution in [0, 0.1) is 0 Å². The summed E-state index contributed by atoms with van der Waals surface area (Å²) in [6.45, 7) is 7.32. The number of piperazine rings is 1. The van der Waals surface area contributed by atoms with Crippen molar-refractivity contribution in [1.29, 1.82) is 0 Å². The molecule has 25 heavy (non-hydrogen) atoms. The number of H-pyrrole nitrogens is 1. The number of hydrogen-bond donors (Lipinski definition) is 1. The molecule has 1 saturated heterocycles. The second-order valence-corrected chi connectivity index (χ2v) is 6.75. The summed E-state index contributed by atoms with van der Waals surface area (Å²) < 4.78 is 2.21. The van der Waals surface area contributed by atoms with Gasteiger partial charge in [-0.1, -0.05) is 6.07 Å². The van der Waals surface area contributed by atoms with E-state index in [1.807, 2.05) is 23.2 Å². The first-order valence-electron chi connectivity index (χ1n) is 8.78. The zero-order chi connectivity index (χ0) is 17.4. The van der Waals surface area contributed by atoms with Gasteiger partial charge in [0.05, 0.1) is 0 Å². The van der Waals surface area contributed by atoms with Crippen molar-refractivity contribution in [2.75, 3.05) is 31.1 Å². The molecule has 4 rings (SSSR count). The number of fused-ring (bicyclic) bond motifs is 1. The molecule has 1 aromatic carbocycles. The molecule has 130 valence electrons. The summed E-state index contributed by atoms with van der Waals surface area (Å²) in [5.74, 6) is 0.995. The van der Waals surface area contributed by atoms with E-state index in [0.29, 0.717) is 19.1 Å². The van der Waals surface area contributed by atoms with Crippen molar-refractivity contribution in [2.24, 2.45) is 0 Å². The predicted molar refractivity (Wildman–Crippen MR) is 99.0 cm³/mol. The maximum atomic E-state index is 13.1. The lowest BCUT2D eigenvalue weighted by atomic mass is 10.1. The Morgan fingerprint density at radius 2 is 1.96 bits per heavy atom. The Labute approximate surface area is 147 Å². The van der Waals surface area contributed by atoms with Crippen LogP contribution in [0.25, 0.3) is 10.9 Å². The van der Waals surface area contributed by atoms with E-state index in [0.717, 1.165) is 35.5 Å². The largest absolute Gasteiger partial charge is 0.345 e. The Bertz CT molecular complexity index is 873. The molecule has 0 spiro atoms. The average Bonchev–Trinajstić information content (AvgIpc) is 3.30. The average molecular weight is 337 g/mol. The molecule has 1 aliphatic rings. The van der Waals surface area contributed by atoms with Crippen molar-refractivity contribution in [2.45, 2.75) is 19.9 Å². The number of benzene rings is 1. The van der Waals surface area contributed by atoms with Crippen molar-refractivity contribution < 1.29 is 4.79 Å². The molecular weight excluding hydrogens is 314 g/mol. The summed E-state index contributed by atoms with van der Waals surface area (Å²) in [4.78, 5) is 24.6. The summed E-state index contributed by atoms with van der Waals surface area (Å²) in [6.07, 6.45) is 5.65. The van der Waals surface area contributed by atoms with Crippen LogP contribution in [0.2, 0.25) is 0 Å². The Hall–Kier alpha value is -2.76. The number of imidazole rings is 1. The van der Waals surface area contributed by atoms with Gasteiger partial charge in [-0.3, -0.25) is 4.79 Å². The van der Waals surface area contributed by atoms with Crippen LogP contribution < -0.4 is 4.90 Å². The number of anilines is 1. The van der Waals surface area contributed by atoms with E-state index in [2.05, 4.69) is 51.6 Å². The predicted octanol–water partition coefficient (Wildman–Crippen LogP) is 2.91. The van der Waals surface area contributed by atoms with E-state index in [9.17, 15) is 4.79 Å². The molecule has 3 aromatic rings. The number of nitrogens with zero attached hydrogens (tertiary/aromatic N) is 4. The minimum absolute atomic E-state index is 0.117. The molecule has 0 saturated carbocycles. The van der Waals surface area contributed by atoms with Gasteiger partial charge in [0.1, 0.15) is 0 Å². The third-order valence-electron chi connectivity index (χ3n) is 4.90. The van der Waals surface area contributed by atoms with Crippen molar-refractivity contribution >= 4 is 22.8 Å². The molecule has 0 radical (unpaired) electrons. The third kappa shape index (κ3) is 2.77. The molecule has 1 amide bonds. The number of rotatable bonds is 3. The Morgan fingerprint density at radius 3 is 2.64 bits per heavy atom. The molecule has 0 atom stereocenters. The van der Waals surface area contributed by atoms with Gasteiger partial charge in [0.25, 0.3) is 5.91 Å². The fourth-order valence-corrected chi connectivity index (χ4v) is 3.55. The molecular formula is C19H23N5O. The molecule has 1 fully saturated rings. The minimum atomic E-state index is 0.117. The highest BCUT2D eigenvalue weighted by atomic mass is 16.2. The van der Waals surface area contributed by atoms with Gasteiger partial charge in [0, 0.05) is 67.3 Å². The van der Waals surface area contributed by atoms with Crippen LogP contribution in [0.1, 0.15) is 30.2 Å². The SMILES string of the molecule is CC(C)n1ccc2c(C(=O)N3CCN(c4ncc[nH]4)CC3)cccc21. The number of hydrogen-bond acceptors (Lipinski definition) is 3. The first kappa shape index (κ1) is 15.7. The van der Waals surface area contributed by atoms with E-state index in [4.69, 9.17) is 0 Å². The summed E-state index contributed by atoms with van der Waals surface area (Å²) >= 11 is 0. The summed E-state index contributed by atoms with van der Waals surface area (Å²) in [5, 5.41) is 1.04. The topological polar surface area (TPSA) is 57.2 Å². The minimum Gasteiger partial charge on any atom is -0.345 e. The van der Waals surface area contributed by atoms with Crippen molar-refractivity contribution in [1.82, 2.24) is 19.4 Å². The van der Waals surface area contributed by atoms with Crippen LogP contribution in [0.4, 0.5) is 5.95 Å². The summed E-state index contributed by atoms with van der Waals surface area (Å²) in [5.41, 5.74) is 1.92. The zero-order valence-electron chi connectivity index (χ0n) is 14.6. The number of aromatic amines is 1. The van der Waals surface area contributed by atoms with E-state index in [1.165, 1.54) is 0 Å². The molecule has 3 heterocycles. The molecule has 1 N–H and O–H groups in total. The fourth-order valence-electron chi connectivity index (χ4n) is 3.55. The van der Waals surface area contributed by atoms with Crippen LogP contribution in [0.3, 0.4) is 0 Å². The van der Waals surface area contributed by atoms with Crippen molar-refractivity contribution in [3.63, 3.8) is 0 Å². The highest BCUT2D eigenvalue weighted by molar-refractivity contribution is 6.06. The van der Waals surface area contributed by atoms with E-state index in [-0.39, 0.29) is 5.91 Å². The highest BCUT2D eigenvalue weighted by Crippen LogP contribution is 2.25. The second kappa shape index (κ2) is 6.27. The number of nitrogens with one attached hydrogen (secondary N) is 1. The normalized spacial score (nSPS) is 15.3. The van der Waals surface area contributed by atoms with E-state index in [1.54, 1.807) is 6.20 Å². The smallest absolute Gasteiger partial charge is 0.254 e. The molecule has 0 unspecified atom stereocenters. The molecule has 6 nitrogen and oxygen atoms in total. The van der Waals surface area contributed by atoms with Crippen LogP contribution in [-0.2, 0) is 0 Å². The Balaban J connectivity index is 1.55. The standard InChI is InChI=1S/C19H23N5O/c1-14(2)24-9-6-15-16(4-3-5-17(15)24)18(25)22-10-12-23(13-11-22)19-20-7-8-21-19/h3-9,14H,10-13H2,1-2H3,(H,20,21). The highest BCUT2D eigenvalue weighted by Gasteiger charge is 2.24. The number of aromatic nitrogens is 3. The number of carbonyl (C=O) groups is 1. The maximum absolute atomic E-state index is 13.1. The van der Waals surface area contributed by atoms with Gasteiger partial charge in [-0.05, 0) is 32.0 Å². The van der Waals surface area contributed by atoms with Gasteiger partial charge < -0.3 is 19.4 Å². The van der Waals surface area contributed by atoms with Gasteiger partial charge >= 0.3 is 0 Å². The van der Waals surface area contributed by atoms with Crippen molar-refractivity contribution in [3.8, 4) is 0 Å². The van der Waals surface area contributed by atoms with Gasteiger partial charge in [0.2, 0.25) is 5.95 Å². The van der Waals surface area contributed by atoms with Crippen molar-refractivity contribution in [3.05, 3.63) is 48.4 Å². The Kier molecular flexibility index (Phi) is 3.95. The number of amides is 1. The van der Waals surface area contributed by atoms with Crippen LogP contribution in [0.5, 0.6) is 0 Å². The second-order valence-electron chi connectivity index (χ2n) is 6.75. The van der Waals surface area contributed by atoms with Gasteiger partial charge in [-0.15, -0.1) is 0 Å². The molecule has 0 bridgehead atoms. The maximum Gasteiger partial charge on any atom is 0.254 e. The van der Waals surface area contributed by atoms with Gasteiger partial charge in [0.15, 0.2) is 0 Å². The monoisotopic (exact) mass is 337 g/mol. The Morgan fingerprint density at radius 1 is 1.16 bits per heavy atom. The van der Waals surface area contributed by atoms with E-state index < -0.39 is 0 Å². The quantitative estimate of drug-likeness (QED) is 0.799. The molecule has 6 heteroatoms. The molecule has 1 aliphatic heterocycles. The first-order chi connectivity index (χ1) is 12.1. The van der Waals surface area contributed by atoms with Crippen LogP contribution >= 0.6 is 0 Å². The van der Waals surface area contributed by atoms with Crippen LogP contribution in [-0.4, -0.2) is 51.5 Å². The lowest BCUT2D eigenvalue weighted by molar-refractivity contribution is 0.0748. The lowest BCUT2D eigenvalue weighted by Crippen LogP contribution is -2.49. The van der Waals surface area contributed by atoms with E-state index >= 15 is 0 Å². The summed E-state index contributed by atoms with van der Waals surface area (Å²) in [7, 11) is 0. The third-order valence-corrected chi connectivity index (χ3v) is 4.90. The van der Waals surface area contributed by atoms with Gasteiger partial charge in [-0.25, -0.2) is 4.98 Å². The number of carbonyl (C=O) groups excluding carboxylic acids is 1.